The smallest absolute Gasteiger partial charge is 0.121 e. The van der Waals surface area contributed by atoms with E-state index in [9.17, 15) is 5.26 Å². The summed E-state index contributed by atoms with van der Waals surface area (Å²) in [5.41, 5.74) is 4.05. The Labute approximate surface area is 182 Å². The van der Waals surface area contributed by atoms with E-state index < -0.39 is 0 Å². The van der Waals surface area contributed by atoms with Crippen molar-refractivity contribution in [1.29, 1.82) is 5.26 Å². The second kappa shape index (κ2) is 8.37. The van der Waals surface area contributed by atoms with Crippen molar-refractivity contribution < 1.29 is 4.74 Å². The second-order valence-electron chi connectivity index (χ2n) is 8.27. The molecule has 0 saturated heterocycles. The predicted molar refractivity (Wildman–Crippen MR) is 123 cm³/mol. The van der Waals surface area contributed by atoms with Gasteiger partial charge in [0.15, 0.2) is 0 Å². The predicted octanol–water partition coefficient (Wildman–Crippen LogP) is 6.45. The van der Waals surface area contributed by atoms with Crippen molar-refractivity contribution in [3.05, 3.63) is 48.0 Å². The third kappa shape index (κ3) is 3.49. The Kier molecular flexibility index (Phi) is 5.45. The summed E-state index contributed by atoms with van der Waals surface area (Å²) in [5.74, 6) is 0.868. The first-order valence-corrected chi connectivity index (χ1v) is 11.8. The molecule has 0 spiro atoms. The van der Waals surface area contributed by atoms with E-state index in [0.717, 1.165) is 33.5 Å². The fourth-order valence-corrected chi connectivity index (χ4v) is 5.14. The van der Waals surface area contributed by atoms with Crippen molar-refractivity contribution in [2.75, 3.05) is 6.61 Å². The van der Waals surface area contributed by atoms with Gasteiger partial charge in [0.25, 0.3) is 0 Å². The first-order valence-electron chi connectivity index (χ1n) is 11.0. The average Bonchev–Trinajstić information content (AvgIpc) is 3.00. The molecule has 1 aromatic heterocycles. The zero-order valence-electron chi connectivity index (χ0n) is 17.4. The lowest BCUT2D eigenvalue weighted by Gasteiger charge is -2.30. The van der Waals surface area contributed by atoms with Crippen LogP contribution in [0.4, 0.5) is 0 Å². The fraction of sp³-hybridized carbons (Fsp3) is 0.400. The highest BCUT2D eigenvalue weighted by atomic mass is 32.2. The highest BCUT2D eigenvalue weighted by Gasteiger charge is 2.28. The zero-order valence-corrected chi connectivity index (χ0v) is 18.2. The lowest BCUT2D eigenvalue weighted by Crippen LogP contribution is -2.29. The van der Waals surface area contributed by atoms with Crippen molar-refractivity contribution in [3.8, 4) is 23.1 Å². The molecule has 0 amide bonds. The van der Waals surface area contributed by atoms with Gasteiger partial charge in [0, 0.05) is 28.4 Å². The molecule has 0 bridgehead atoms. The van der Waals surface area contributed by atoms with Crippen LogP contribution in [-0.4, -0.2) is 17.2 Å². The summed E-state index contributed by atoms with van der Waals surface area (Å²) < 4.78 is 11.7. The molecular weight excluding hydrogens is 390 g/mol. The number of nitriles is 1. The molecule has 2 saturated carbocycles. The minimum atomic E-state index is 0.454. The van der Waals surface area contributed by atoms with Crippen LogP contribution in [0.1, 0.15) is 57.1 Å². The monoisotopic (exact) mass is 417 g/mol. The number of hydrogen-bond donors (Lipinski definition) is 1. The van der Waals surface area contributed by atoms with E-state index in [1.54, 1.807) is 11.9 Å². The standard InChI is InChI=1S/C25H27N3OS/c1-2-29-20-11-14-22-23(16-26)25(28(24(22)15-20)19-7-4-8-19)17-9-12-21(13-10-17)30-27-18-5-3-6-18/h9-15,18-19,27H,2-8H2,1H3. The Hall–Kier alpha value is -2.42. The average molecular weight is 418 g/mol. The van der Waals surface area contributed by atoms with Gasteiger partial charge in [-0.15, -0.1) is 0 Å². The molecule has 1 heterocycles. The van der Waals surface area contributed by atoms with Crippen LogP contribution in [0.2, 0.25) is 0 Å². The minimum Gasteiger partial charge on any atom is -0.494 e. The van der Waals surface area contributed by atoms with Gasteiger partial charge in [-0.05, 0) is 80.8 Å². The number of benzene rings is 2. The summed E-state index contributed by atoms with van der Waals surface area (Å²) in [4.78, 5) is 1.22. The Bertz CT molecular complexity index is 1090. The molecule has 2 aromatic carbocycles. The molecule has 0 atom stereocenters. The number of ether oxygens (including phenoxy) is 1. The molecule has 0 radical (unpaired) electrons. The molecule has 2 aliphatic rings. The van der Waals surface area contributed by atoms with Crippen LogP contribution in [-0.2, 0) is 0 Å². The Balaban J connectivity index is 1.56. The number of rotatable bonds is 7. The molecule has 5 rings (SSSR count). The largest absolute Gasteiger partial charge is 0.494 e. The summed E-state index contributed by atoms with van der Waals surface area (Å²) in [6.45, 7) is 2.64. The van der Waals surface area contributed by atoms with Crippen LogP contribution in [0.15, 0.2) is 47.4 Å². The molecule has 0 aliphatic heterocycles. The van der Waals surface area contributed by atoms with Crippen LogP contribution in [0.25, 0.3) is 22.2 Å². The fourth-order valence-electron chi connectivity index (χ4n) is 4.33. The van der Waals surface area contributed by atoms with Gasteiger partial charge in [0.05, 0.1) is 23.4 Å². The number of nitrogens with one attached hydrogen (secondary N) is 1. The van der Waals surface area contributed by atoms with Crippen molar-refractivity contribution in [2.24, 2.45) is 0 Å². The van der Waals surface area contributed by atoms with Gasteiger partial charge in [-0.3, -0.25) is 4.72 Å². The van der Waals surface area contributed by atoms with Gasteiger partial charge in [-0.1, -0.05) is 18.6 Å². The van der Waals surface area contributed by atoms with E-state index in [2.05, 4.69) is 45.7 Å². The SMILES string of the molecule is CCOc1ccc2c(C#N)c(-c3ccc(SNC4CCC4)cc3)n(C3CCC3)c2c1. The topological polar surface area (TPSA) is 50.0 Å². The van der Waals surface area contributed by atoms with Crippen molar-refractivity contribution in [1.82, 2.24) is 9.29 Å². The van der Waals surface area contributed by atoms with Crippen molar-refractivity contribution in [2.45, 2.75) is 62.4 Å². The van der Waals surface area contributed by atoms with Crippen molar-refractivity contribution >= 4 is 22.9 Å². The zero-order chi connectivity index (χ0) is 20.5. The highest BCUT2D eigenvalue weighted by molar-refractivity contribution is 7.97. The first kappa shape index (κ1) is 19.5. The maximum atomic E-state index is 10.1. The molecule has 2 fully saturated rings. The first-order chi connectivity index (χ1) is 14.8. The summed E-state index contributed by atoms with van der Waals surface area (Å²) in [5, 5.41) is 11.1. The third-order valence-electron chi connectivity index (χ3n) is 6.41. The lowest BCUT2D eigenvalue weighted by atomic mass is 9.92. The molecule has 1 N–H and O–H groups in total. The van der Waals surface area contributed by atoms with Gasteiger partial charge in [0.2, 0.25) is 0 Å². The third-order valence-corrected chi connectivity index (χ3v) is 7.37. The minimum absolute atomic E-state index is 0.454. The van der Waals surface area contributed by atoms with Crippen LogP contribution in [0.3, 0.4) is 0 Å². The normalized spacial score (nSPS) is 16.8. The molecule has 2 aliphatic carbocycles. The van der Waals surface area contributed by atoms with E-state index >= 15 is 0 Å². The molecule has 5 heteroatoms. The maximum Gasteiger partial charge on any atom is 0.121 e. The van der Waals surface area contributed by atoms with E-state index in [1.165, 1.54) is 43.4 Å². The van der Waals surface area contributed by atoms with Crippen LogP contribution < -0.4 is 9.46 Å². The van der Waals surface area contributed by atoms with Gasteiger partial charge in [-0.25, -0.2) is 0 Å². The van der Waals surface area contributed by atoms with Crippen LogP contribution >= 0.6 is 11.9 Å². The number of nitrogens with zero attached hydrogens (tertiary/aromatic N) is 2. The van der Waals surface area contributed by atoms with E-state index in [4.69, 9.17) is 4.74 Å². The summed E-state index contributed by atoms with van der Waals surface area (Å²) >= 11 is 1.72. The Morgan fingerprint density at radius 3 is 2.47 bits per heavy atom. The molecule has 30 heavy (non-hydrogen) atoms. The molecule has 154 valence electrons. The summed E-state index contributed by atoms with van der Waals surface area (Å²) in [7, 11) is 0. The molecule has 4 nitrogen and oxygen atoms in total. The summed E-state index contributed by atoms with van der Waals surface area (Å²) in [6, 6.07) is 18.4. The van der Waals surface area contributed by atoms with Crippen LogP contribution in [0.5, 0.6) is 5.75 Å². The van der Waals surface area contributed by atoms with Gasteiger partial charge >= 0.3 is 0 Å². The number of hydrogen-bond acceptors (Lipinski definition) is 4. The Morgan fingerprint density at radius 2 is 1.87 bits per heavy atom. The Morgan fingerprint density at radius 1 is 1.10 bits per heavy atom. The molecular formula is C25H27N3OS. The van der Waals surface area contributed by atoms with E-state index in [1.807, 2.05) is 19.1 Å². The highest BCUT2D eigenvalue weighted by Crippen LogP contribution is 2.43. The summed E-state index contributed by atoms with van der Waals surface area (Å²) in [6.07, 6.45) is 7.48. The molecule has 3 aromatic rings. The van der Waals surface area contributed by atoms with Crippen molar-refractivity contribution in [3.63, 3.8) is 0 Å². The second-order valence-corrected chi connectivity index (χ2v) is 9.19. The molecule has 0 unspecified atom stereocenters. The number of fused-ring (bicyclic) bond motifs is 1. The van der Waals surface area contributed by atoms with Gasteiger partial charge in [0.1, 0.15) is 11.8 Å². The maximum absolute atomic E-state index is 10.1. The quantitative estimate of drug-likeness (QED) is 0.449. The van der Waals surface area contributed by atoms with Gasteiger partial charge < -0.3 is 9.30 Å². The van der Waals surface area contributed by atoms with Gasteiger partial charge in [-0.2, -0.15) is 5.26 Å². The number of aromatic nitrogens is 1. The lowest BCUT2D eigenvalue weighted by molar-refractivity contribution is 0.322. The van der Waals surface area contributed by atoms with E-state index in [0.29, 0.717) is 18.7 Å². The van der Waals surface area contributed by atoms with E-state index in [-0.39, 0.29) is 0 Å². The van der Waals surface area contributed by atoms with Crippen LogP contribution in [0, 0.1) is 11.3 Å².